The normalized spacial score (nSPS) is 15.1. The molecule has 1 aliphatic heterocycles. The number of hydrogen-bond donors (Lipinski definition) is 1. The fraction of sp³-hybridized carbons (Fsp3) is 0.375. The lowest BCUT2D eigenvalue weighted by Crippen LogP contribution is -2.47. The summed E-state index contributed by atoms with van der Waals surface area (Å²) in [6.07, 6.45) is 5.34. The van der Waals surface area contributed by atoms with Crippen LogP contribution in [-0.4, -0.2) is 65.2 Å². The molecule has 3 aromatic rings. The van der Waals surface area contributed by atoms with E-state index in [1.54, 1.807) is 6.33 Å². The van der Waals surface area contributed by atoms with Gasteiger partial charge in [0.1, 0.15) is 23.6 Å². The number of nitrogens with one attached hydrogen (secondary N) is 1. The van der Waals surface area contributed by atoms with Gasteiger partial charge in [0.15, 0.2) is 0 Å². The Morgan fingerprint density at radius 3 is 2.58 bits per heavy atom. The molecule has 0 amide bonds. The van der Waals surface area contributed by atoms with Gasteiger partial charge in [0.2, 0.25) is 5.95 Å². The van der Waals surface area contributed by atoms with Crippen LogP contribution in [0.4, 0.5) is 17.6 Å². The van der Waals surface area contributed by atoms with Crippen molar-refractivity contribution in [2.24, 2.45) is 0 Å². The molecule has 0 aliphatic carbocycles. The highest BCUT2D eigenvalue weighted by atomic mass is 15.3. The van der Waals surface area contributed by atoms with Gasteiger partial charge in [-0.15, -0.1) is 0 Å². The number of piperazine rings is 1. The Kier molecular flexibility index (Phi) is 3.64. The first-order chi connectivity index (χ1) is 11.7. The van der Waals surface area contributed by atoms with E-state index in [1.165, 1.54) is 0 Å². The van der Waals surface area contributed by atoms with Crippen LogP contribution in [0.25, 0.3) is 11.0 Å². The molecule has 3 aromatic heterocycles. The zero-order valence-corrected chi connectivity index (χ0v) is 13.8. The predicted octanol–water partition coefficient (Wildman–Crippen LogP) is 1.14. The molecule has 0 atom stereocenters. The minimum Gasteiger partial charge on any atom is -0.353 e. The molecule has 4 rings (SSSR count). The summed E-state index contributed by atoms with van der Waals surface area (Å²) in [5.41, 5.74) is 0.883. The van der Waals surface area contributed by atoms with Crippen LogP contribution in [0, 0.1) is 0 Å². The quantitative estimate of drug-likeness (QED) is 0.774. The molecule has 1 fully saturated rings. The number of H-pyrrole nitrogens is 1. The van der Waals surface area contributed by atoms with Gasteiger partial charge in [-0.05, 0) is 12.1 Å². The Bertz CT molecular complexity index is 835. The molecule has 0 bridgehead atoms. The molecule has 1 N–H and O–H groups in total. The summed E-state index contributed by atoms with van der Waals surface area (Å²) in [5.74, 6) is 2.71. The third-order valence-electron chi connectivity index (χ3n) is 4.26. The van der Waals surface area contributed by atoms with Crippen LogP contribution in [0.1, 0.15) is 0 Å². The van der Waals surface area contributed by atoms with Gasteiger partial charge in [-0.25, -0.2) is 15.0 Å². The summed E-state index contributed by atoms with van der Waals surface area (Å²) in [7, 11) is 3.91. The molecule has 8 nitrogen and oxygen atoms in total. The zero-order valence-electron chi connectivity index (χ0n) is 13.8. The van der Waals surface area contributed by atoms with E-state index >= 15 is 0 Å². The number of fused-ring (bicyclic) bond motifs is 1. The van der Waals surface area contributed by atoms with Crippen LogP contribution >= 0.6 is 0 Å². The van der Waals surface area contributed by atoms with Crippen LogP contribution in [-0.2, 0) is 0 Å². The monoisotopic (exact) mass is 324 g/mol. The first-order valence-electron chi connectivity index (χ1n) is 8.01. The van der Waals surface area contributed by atoms with Crippen LogP contribution < -0.4 is 14.7 Å². The van der Waals surface area contributed by atoms with Crippen molar-refractivity contribution in [3.63, 3.8) is 0 Å². The van der Waals surface area contributed by atoms with E-state index in [0.717, 1.165) is 54.8 Å². The Hall–Kier alpha value is -2.90. The SMILES string of the molecule is CN(C)c1nccc(N2CCN(c3ncnc4[nH]ccc34)CC2)n1. The zero-order chi connectivity index (χ0) is 16.5. The largest absolute Gasteiger partial charge is 0.353 e. The third kappa shape index (κ3) is 2.60. The number of hydrogen-bond acceptors (Lipinski definition) is 7. The maximum Gasteiger partial charge on any atom is 0.226 e. The molecule has 0 radical (unpaired) electrons. The first kappa shape index (κ1) is 14.7. The fourth-order valence-corrected chi connectivity index (χ4v) is 2.99. The molecule has 8 heteroatoms. The van der Waals surface area contributed by atoms with E-state index in [4.69, 9.17) is 0 Å². The molecule has 0 spiro atoms. The number of rotatable bonds is 3. The highest BCUT2D eigenvalue weighted by molar-refractivity contribution is 5.87. The van der Waals surface area contributed by atoms with E-state index in [0.29, 0.717) is 0 Å². The molecule has 24 heavy (non-hydrogen) atoms. The average molecular weight is 324 g/mol. The van der Waals surface area contributed by atoms with Crippen molar-refractivity contribution in [1.29, 1.82) is 0 Å². The maximum atomic E-state index is 4.63. The topological polar surface area (TPSA) is 77.1 Å². The minimum atomic E-state index is 0.736. The standard InChI is InChI=1S/C16H20N8/c1-22(2)16-18-6-4-13(21-16)23-7-9-24(10-8-23)15-12-3-5-17-14(12)19-11-20-15/h3-6,11H,7-10H2,1-2H3,(H,17,19,20). The molecular formula is C16H20N8. The number of aromatic nitrogens is 5. The summed E-state index contributed by atoms with van der Waals surface area (Å²) in [6, 6.07) is 4.00. The lowest BCUT2D eigenvalue weighted by molar-refractivity contribution is 0.642. The van der Waals surface area contributed by atoms with Crippen LogP contribution in [0.15, 0.2) is 30.9 Å². The van der Waals surface area contributed by atoms with Gasteiger partial charge in [0.25, 0.3) is 0 Å². The van der Waals surface area contributed by atoms with Crippen LogP contribution in [0.2, 0.25) is 0 Å². The van der Waals surface area contributed by atoms with Crippen molar-refractivity contribution in [3.05, 3.63) is 30.9 Å². The van der Waals surface area contributed by atoms with Crippen molar-refractivity contribution in [2.45, 2.75) is 0 Å². The summed E-state index contributed by atoms with van der Waals surface area (Å²) in [5, 5.41) is 1.07. The molecule has 0 saturated carbocycles. The number of aromatic amines is 1. The molecule has 0 unspecified atom stereocenters. The second-order valence-corrected chi connectivity index (χ2v) is 6.02. The van der Waals surface area contributed by atoms with Gasteiger partial charge in [-0.3, -0.25) is 0 Å². The number of anilines is 3. The Morgan fingerprint density at radius 1 is 1.00 bits per heavy atom. The Morgan fingerprint density at radius 2 is 1.79 bits per heavy atom. The van der Waals surface area contributed by atoms with Crippen LogP contribution in [0.5, 0.6) is 0 Å². The van der Waals surface area contributed by atoms with Gasteiger partial charge in [-0.1, -0.05) is 0 Å². The third-order valence-corrected chi connectivity index (χ3v) is 4.26. The number of nitrogens with zero attached hydrogens (tertiary/aromatic N) is 7. The van der Waals surface area contributed by atoms with E-state index in [-0.39, 0.29) is 0 Å². The Labute approximate surface area is 140 Å². The summed E-state index contributed by atoms with van der Waals surface area (Å²) in [6.45, 7) is 3.61. The highest BCUT2D eigenvalue weighted by Crippen LogP contribution is 2.24. The molecule has 1 aliphatic rings. The fourth-order valence-electron chi connectivity index (χ4n) is 2.99. The molecule has 124 valence electrons. The van der Waals surface area contributed by atoms with E-state index < -0.39 is 0 Å². The Balaban J connectivity index is 1.51. The smallest absolute Gasteiger partial charge is 0.226 e. The predicted molar refractivity (Wildman–Crippen MR) is 94.7 cm³/mol. The second-order valence-electron chi connectivity index (χ2n) is 6.02. The molecular weight excluding hydrogens is 304 g/mol. The van der Waals surface area contributed by atoms with Crippen molar-refractivity contribution in [2.75, 3.05) is 55.0 Å². The highest BCUT2D eigenvalue weighted by Gasteiger charge is 2.21. The summed E-state index contributed by atoms with van der Waals surface area (Å²) >= 11 is 0. The van der Waals surface area contributed by atoms with Crippen molar-refractivity contribution in [1.82, 2.24) is 24.9 Å². The molecule has 0 aromatic carbocycles. The van der Waals surface area contributed by atoms with Gasteiger partial charge in [-0.2, -0.15) is 4.98 Å². The maximum absolute atomic E-state index is 4.63. The van der Waals surface area contributed by atoms with Gasteiger partial charge in [0, 0.05) is 52.7 Å². The van der Waals surface area contributed by atoms with Crippen molar-refractivity contribution in [3.8, 4) is 0 Å². The lowest BCUT2D eigenvalue weighted by atomic mass is 10.2. The summed E-state index contributed by atoms with van der Waals surface area (Å²) < 4.78 is 0. The average Bonchev–Trinajstić information content (AvgIpc) is 3.11. The first-order valence-corrected chi connectivity index (χ1v) is 8.01. The minimum absolute atomic E-state index is 0.736. The summed E-state index contributed by atoms with van der Waals surface area (Å²) in [4.78, 5) is 27.3. The van der Waals surface area contributed by atoms with E-state index in [9.17, 15) is 0 Å². The van der Waals surface area contributed by atoms with Gasteiger partial charge < -0.3 is 19.7 Å². The second kappa shape index (κ2) is 5.95. The molecule has 1 saturated heterocycles. The molecule has 4 heterocycles. The lowest BCUT2D eigenvalue weighted by Gasteiger charge is -2.36. The van der Waals surface area contributed by atoms with Gasteiger partial charge in [0.05, 0.1) is 5.39 Å². The van der Waals surface area contributed by atoms with Gasteiger partial charge >= 0.3 is 0 Å². The van der Waals surface area contributed by atoms with Crippen LogP contribution in [0.3, 0.4) is 0 Å². The van der Waals surface area contributed by atoms with Crippen molar-refractivity contribution < 1.29 is 0 Å². The van der Waals surface area contributed by atoms with Crippen molar-refractivity contribution >= 4 is 28.6 Å². The van der Waals surface area contributed by atoms with E-state index in [2.05, 4.69) is 34.7 Å². The van der Waals surface area contributed by atoms with E-state index in [1.807, 2.05) is 43.5 Å².